The van der Waals surface area contributed by atoms with Gasteiger partial charge in [-0.1, -0.05) is 6.92 Å². The Kier molecular flexibility index (Phi) is 5.17. The summed E-state index contributed by atoms with van der Waals surface area (Å²) in [5.41, 5.74) is 2.39. The molecule has 0 aromatic carbocycles. The topological polar surface area (TPSA) is 70.1 Å². The first-order valence-electron chi connectivity index (χ1n) is 8.61. The fraction of sp³-hybridized carbons (Fsp3) is 0.588. The lowest BCUT2D eigenvalue weighted by Gasteiger charge is -2.27. The minimum absolute atomic E-state index is 0.00579. The molecule has 1 fully saturated rings. The van der Waals surface area contributed by atoms with Crippen LogP contribution >= 0.6 is 0 Å². The summed E-state index contributed by atoms with van der Waals surface area (Å²) in [6.07, 6.45) is 4.12. The number of alkyl halides is 1. The number of likely N-dealkylation sites (tertiary alicyclic amines) is 1. The quantitative estimate of drug-likeness (QED) is 0.856. The van der Waals surface area contributed by atoms with Crippen molar-refractivity contribution >= 4 is 5.91 Å². The van der Waals surface area contributed by atoms with Crippen LogP contribution in [0.5, 0.6) is 0 Å². The van der Waals surface area contributed by atoms with E-state index in [0.29, 0.717) is 31.7 Å². The number of hydrogen-bond donors (Lipinski definition) is 1. The second-order valence-corrected chi connectivity index (χ2v) is 6.76. The number of nitrogens with one attached hydrogen (secondary N) is 1. The van der Waals surface area contributed by atoms with Gasteiger partial charge in [0.1, 0.15) is 11.9 Å². The highest BCUT2D eigenvalue weighted by Crippen LogP contribution is 2.23. The number of H-pyrrole nitrogens is 1. The molecule has 2 aromatic rings. The summed E-state index contributed by atoms with van der Waals surface area (Å²) in [5, 5.41) is 11.1. The van der Waals surface area contributed by atoms with Gasteiger partial charge in [0.15, 0.2) is 0 Å². The number of carbonyl (C=O) groups is 1. The van der Waals surface area contributed by atoms with E-state index in [9.17, 15) is 9.18 Å². The van der Waals surface area contributed by atoms with Crippen LogP contribution < -0.4 is 0 Å². The van der Waals surface area contributed by atoms with Gasteiger partial charge >= 0.3 is 0 Å². The molecule has 1 saturated heterocycles. The van der Waals surface area contributed by atoms with Crippen LogP contribution in [0.25, 0.3) is 0 Å². The number of likely N-dealkylation sites (N-methyl/N-ethyl adjacent to an activating group) is 1. The van der Waals surface area contributed by atoms with Crippen molar-refractivity contribution in [1.29, 1.82) is 0 Å². The number of amides is 1. The van der Waals surface area contributed by atoms with Gasteiger partial charge < -0.3 is 4.90 Å². The van der Waals surface area contributed by atoms with Gasteiger partial charge in [0.05, 0.1) is 6.20 Å². The molecule has 1 amide bonds. The predicted molar refractivity (Wildman–Crippen MR) is 91.8 cm³/mol. The Morgan fingerprint density at radius 3 is 2.96 bits per heavy atom. The summed E-state index contributed by atoms with van der Waals surface area (Å²) < 4.78 is 15.7. The Bertz CT molecular complexity index is 726. The molecule has 0 saturated carbocycles. The average molecular weight is 348 g/mol. The Labute approximate surface area is 146 Å². The molecular weight excluding hydrogens is 323 g/mol. The minimum Gasteiger partial charge on any atom is -0.339 e. The van der Waals surface area contributed by atoms with Crippen LogP contribution in [0.4, 0.5) is 4.39 Å². The summed E-state index contributed by atoms with van der Waals surface area (Å²) in [6.45, 7) is 3.52. The lowest BCUT2D eigenvalue weighted by Crippen LogP contribution is -2.41. The van der Waals surface area contributed by atoms with Crippen molar-refractivity contribution in [1.82, 2.24) is 29.8 Å². The van der Waals surface area contributed by atoms with Crippen molar-refractivity contribution in [2.75, 3.05) is 20.1 Å². The van der Waals surface area contributed by atoms with Crippen LogP contribution in [0, 0.1) is 0 Å². The van der Waals surface area contributed by atoms with Gasteiger partial charge in [0.25, 0.3) is 5.91 Å². The number of hydrogen-bond acceptors (Lipinski definition) is 4. The number of nitrogens with zero attached hydrogens (tertiary/aromatic N) is 5. The van der Waals surface area contributed by atoms with Crippen molar-refractivity contribution in [3.63, 3.8) is 0 Å². The Morgan fingerprint density at radius 1 is 1.52 bits per heavy atom. The van der Waals surface area contributed by atoms with Crippen molar-refractivity contribution < 1.29 is 9.18 Å². The molecule has 0 bridgehead atoms. The molecule has 1 aliphatic heterocycles. The highest BCUT2D eigenvalue weighted by Gasteiger charge is 2.34. The molecule has 0 unspecified atom stereocenters. The first kappa shape index (κ1) is 17.6. The number of aromatic nitrogens is 4. The van der Waals surface area contributed by atoms with E-state index < -0.39 is 6.17 Å². The molecule has 0 spiro atoms. The molecule has 1 N–H and O–H groups in total. The third-order valence-electron chi connectivity index (χ3n) is 4.68. The molecule has 3 heterocycles. The maximum atomic E-state index is 14.0. The highest BCUT2D eigenvalue weighted by atomic mass is 19.1. The lowest BCUT2D eigenvalue weighted by molar-refractivity contribution is 0.0744. The summed E-state index contributed by atoms with van der Waals surface area (Å²) in [7, 11) is 3.61. The standard InChI is InChI=1S/C17H25FN6O/c1-4-14-6-16(21-20-14)17(25)22(2)11-15-5-13(18)10-24(15)9-12-7-19-23(3)8-12/h6-8,13,15H,4-5,9-11H2,1-3H3,(H,20,21)/t13-,15-/m0/s1. The molecule has 8 heteroatoms. The highest BCUT2D eigenvalue weighted by molar-refractivity contribution is 5.92. The summed E-state index contributed by atoms with van der Waals surface area (Å²) >= 11 is 0. The third-order valence-corrected chi connectivity index (χ3v) is 4.68. The zero-order valence-corrected chi connectivity index (χ0v) is 14.9. The molecular formula is C17H25FN6O. The van der Waals surface area contributed by atoms with Gasteiger partial charge in [0, 0.05) is 57.2 Å². The van der Waals surface area contributed by atoms with E-state index in [-0.39, 0.29) is 11.9 Å². The average Bonchev–Trinajstić information content (AvgIpc) is 3.28. The number of rotatable bonds is 6. The molecule has 7 nitrogen and oxygen atoms in total. The fourth-order valence-electron chi connectivity index (χ4n) is 3.34. The molecule has 2 aromatic heterocycles. The molecule has 0 radical (unpaired) electrons. The van der Waals surface area contributed by atoms with E-state index in [1.807, 2.05) is 20.2 Å². The van der Waals surface area contributed by atoms with E-state index >= 15 is 0 Å². The van der Waals surface area contributed by atoms with Crippen molar-refractivity contribution in [2.45, 2.75) is 38.5 Å². The second-order valence-electron chi connectivity index (χ2n) is 6.76. The minimum atomic E-state index is -0.859. The Morgan fingerprint density at radius 2 is 2.32 bits per heavy atom. The second kappa shape index (κ2) is 7.35. The van der Waals surface area contributed by atoms with Crippen molar-refractivity contribution in [3.05, 3.63) is 35.4 Å². The first-order valence-corrected chi connectivity index (χ1v) is 8.61. The van der Waals surface area contributed by atoms with Gasteiger partial charge in [-0.15, -0.1) is 0 Å². The smallest absolute Gasteiger partial charge is 0.274 e. The maximum absolute atomic E-state index is 14.0. The van der Waals surface area contributed by atoms with E-state index in [2.05, 4.69) is 20.2 Å². The molecule has 136 valence electrons. The zero-order chi connectivity index (χ0) is 18.0. The SMILES string of the molecule is CCc1cc(C(=O)N(C)C[C@@H]2C[C@H](F)CN2Cc2cnn(C)c2)n[nH]1. The first-order chi connectivity index (χ1) is 12.0. The van der Waals surface area contributed by atoms with Crippen LogP contribution in [0.15, 0.2) is 18.5 Å². The van der Waals surface area contributed by atoms with Gasteiger partial charge in [-0.25, -0.2) is 4.39 Å². The van der Waals surface area contributed by atoms with Crippen LogP contribution in [-0.4, -0.2) is 68.0 Å². The number of carbonyl (C=O) groups excluding carboxylic acids is 1. The van der Waals surface area contributed by atoms with Crippen LogP contribution in [0.2, 0.25) is 0 Å². The lowest BCUT2D eigenvalue weighted by atomic mass is 10.2. The van der Waals surface area contributed by atoms with Crippen LogP contribution in [0.3, 0.4) is 0 Å². The van der Waals surface area contributed by atoms with Gasteiger partial charge in [-0.2, -0.15) is 10.2 Å². The van der Waals surface area contributed by atoms with Crippen molar-refractivity contribution in [2.24, 2.45) is 7.05 Å². The third kappa shape index (κ3) is 4.07. The summed E-state index contributed by atoms with van der Waals surface area (Å²) in [4.78, 5) is 16.3. The molecule has 25 heavy (non-hydrogen) atoms. The fourth-order valence-corrected chi connectivity index (χ4v) is 3.34. The van der Waals surface area contributed by atoms with Crippen LogP contribution in [-0.2, 0) is 20.0 Å². The monoisotopic (exact) mass is 348 g/mol. The largest absolute Gasteiger partial charge is 0.339 e. The number of aryl methyl sites for hydroxylation is 2. The number of aromatic amines is 1. The molecule has 2 atom stereocenters. The number of halogens is 1. The van der Waals surface area contributed by atoms with Gasteiger partial charge in [-0.3, -0.25) is 19.5 Å². The normalized spacial score (nSPS) is 21.0. The summed E-state index contributed by atoms with van der Waals surface area (Å²) in [5.74, 6) is -0.139. The van der Waals surface area contributed by atoms with E-state index in [4.69, 9.17) is 0 Å². The van der Waals surface area contributed by atoms with E-state index in [1.54, 1.807) is 28.9 Å². The van der Waals surface area contributed by atoms with E-state index in [0.717, 1.165) is 17.7 Å². The van der Waals surface area contributed by atoms with Crippen LogP contribution in [0.1, 0.15) is 35.1 Å². The Balaban J connectivity index is 1.63. The van der Waals surface area contributed by atoms with E-state index in [1.165, 1.54) is 0 Å². The molecule has 1 aliphatic rings. The molecule has 3 rings (SSSR count). The maximum Gasteiger partial charge on any atom is 0.274 e. The Hall–Kier alpha value is -2.22. The van der Waals surface area contributed by atoms with Gasteiger partial charge in [0.2, 0.25) is 0 Å². The summed E-state index contributed by atoms with van der Waals surface area (Å²) in [6, 6.07) is 1.77. The van der Waals surface area contributed by atoms with Gasteiger partial charge in [-0.05, 0) is 18.9 Å². The van der Waals surface area contributed by atoms with Crippen molar-refractivity contribution in [3.8, 4) is 0 Å². The zero-order valence-electron chi connectivity index (χ0n) is 14.9. The molecule has 0 aliphatic carbocycles. The predicted octanol–water partition coefficient (Wildman–Crippen LogP) is 1.39.